The van der Waals surface area contributed by atoms with Crippen molar-refractivity contribution >= 4 is 29.0 Å². The average molecular weight is 348 g/mol. The predicted octanol–water partition coefficient (Wildman–Crippen LogP) is 3.93. The van der Waals surface area contributed by atoms with E-state index in [1.54, 1.807) is 54.6 Å². The average Bonchev–Trinajstić information content (AvgIpc) is 2.63. The van der Waals surface area contributed by atoms with Crippen molar-refractivity contribution in [2.75, 3.05) is 11.1 Å². The van der Waals surface area contributed by atoms with Crippen LogP contribution in [0.1, 0.15) is 20.7 Å². The van der Waals surface area contributed by atoms with Gasteiger partial charge in [-0.15, -0.1) is 0 Å². The number of nitrogens with one attached hydrogen (secondary N) is 1. The summed E-state index contributed by atoms with van der Waals surface area (Å²) >= 11 is 0. The van der Waals surface area contributed by atoms with Gasteiger partial charge < -0.3 is 20.9 Å². The number of anilines is 3. The maximum atomic E-state index is 12.2. The Balaban J connectivity index is 1.70. The molecule has 0 aliphatic carbocycles. The molecule has 0 aliphatic rings. The highest BCUT2D eigenvalue weighted by Gasteiger charge is 2.09. The number of esters is 1. The summed E-state index contributed by atoms with van der Waals surface area (Å²) in [5.41, 5.74) is 8.21. The molecule has 0 saturated heterocycles. The van der Waals surface area contributed by atoms with Crippen molar-refractivity contribution < 1.29 is 19.4 Å². The number of hydrogen-bond donors (Lipinski definition) is 3. The molecule has 0 radical (unpaired) electrons. The molecule has 4 N–H and O–H groups in total. The number of ether oxygens (including phenoxy) is 1. The van der Waals surface area contributed by atoms with Crippen molar-refractivity contribution in [1.82, 2.24) is 0 Å². The summed E-state index contributed by atoms with van der Waals surface area (Å²) in [4.78, 5) is 23.0. The zero-order valence-electron chi connectivity index (χ0n) is 13.7. The number of nitrogen functional groups attached to an aromatic ring is 1. The summed E-state index contributed by atoms with van der Waals surface area (Å²) in [6.45, 7) is 0. The second kappa shape index (κ2) is 7.40. The van der Waals surface area contributed by atoms with E-state index < -0.39 is 11.9 Å². The molecule has 130 valence electrons. The SMILES string of the molecule is Nc1ccc(C(=O)Oc2cccc(Nc3ccc(C(=O)O)cc3)c2)cc1. The van der Waals surface area contributed by atoms with Gasteiger partial charge in [0.2, 0.25) is 0 Å². The van der Waals surface area contributed by atoms with Crippen LogP contribution in [0.4, 0.5) is 17.1 Å². The van der Waals surface area contributed by atoms with Gasteiger partial charge in [-0.1, -0.05) is 6.07 Å². The summed E-state index contributed by atoms with van der Waals surface area (Å²) in [5, 5.41) is 12.0. The van der Waals surface area contributed by atoms with Crippen molar-refractivity contribution in [2.24, 2.45) is 0 Å². The van der Waals surface area contributed by atoms with E-state index in [4.69, 9.17) is 15.6 Å². The van der Waals surface area contributed by atoms with E-state index in [0.717, 1.165) is 5.69 Å². The van der Waals surface area contributed by atoms with Crippen molar-refractivity contribution in [2.45, 2.75) is 0 Å². The maximum Gasteiger partial charge on any atom is 0.343 e. The number of nitrogens with two attached hydrogens (primary N) is 1. The smallest absolute Gasteiger partial charge is 0.343 e. The summed E-state index contributed by atoms with van der Waals surface area (Å²) < 4.78 is 5.37. The quantitative estimate of drug-likeness (QED) is 0.367. The number of carbonyl (C=O) groups is 2. The molecule has 3 rings (SSSR count). The zero-order chi connectivity index (χ0) is 18.5. The highest BCUT2D eigenvalue weighted by molar-refractivity contribution is 5.91. The van der Waals surface area contributed by atoms with E-state index in [2.05, 4.69) is 5.32 Å². The van der Waals surface area contributed by atoms with Crippen molar-refractivity contribution in [3.05, 3.63) is 83.9 Å². The Morgan fingerprint density at radius 3 is 2.15 bits per heavy atom. The minimum Gasteiger partial charge on any atom is -0.478 e. The highest BCUT2D eigenvalue weighted by atomic mass is 16.5. The molecule has 3 aromatic rings. The molecule has 26 heavy (non-hydrogen) atoms. The summed E-state index contributed by atoms with van der Waals surface area (Å²) in [7, 11) is 0. The first-order valence-corrected chi connectivity index (χ1v) is 7.79. The molecule has 0 amide bonds. The van der Waals surface area contributed by atoms with Gasteiger partial charge in [0, 0.05) is 23.1 Å². The van der Waals surface area contributed by atoms with Crippen LogP contribution in [0.5, 0.6) is 5.75 Å². The van der Waals surface area contributed by atoms with Crippen molar-refractivity contribution in [3.8, 4) is 5.75 Å². The third kappa shape index (κ3) is 4.18. The summed E-state index contributed by atoms with van der Waals surface area (Å²) in [6, 6.07) is 19.7. The van der Waals surface area contributed by atoms with Crippen LogP contribution in [0.2, 0.25) is 0 Å². The molecule has 6 nitrogen and oxygen atoms in total. The standard InChI is InChI=1S/C20H16N2O4/c21-15-8-4-14(5-9-15)20(25)26-18-3-1-2-17(12-18)22-16-10-6-13(7-11-16)19(23)24/h1-12,22H,21H2,(H,23,24). The second-order valence-electron chi connectivity index (χ2n) is 5.55. The van der Waals surface area contributed by atoms with Gasteiger partial charge in [-0.25, -0.2) is 9.59 Å². The van der Waals surface area contributed by atoms with Crippen molar-refractivity contribution in [1.29, 1.82) is 0 Å². The molecule has 0 unspecified atom stereocenters. The van der Waals surface area contributed by atoms with E-state index in [1.165, 1.54) is 12.1 Å². The van der Waals surface area contributed by atoms with Crippen LogP contribution in [0.3, 0.4) is 0 Å². The van der Waals surface area contributed by atoms with Gasteiger partial charge in [0.25, 0.3) is 0 Å². The molecule has 0 saturated carbocycles. The zero-order valence-corrected chi connectivity index (χ0v) is 13.7. The Hall–Kier alpha value is -3.80. The first-order valence-electron chi connectivity index (χ1n) is 7.79. The monoisotopic (exact) mass is 348 g/mol. The van der Waals surface area contributed by atoms with Crippen LogP contribution in [0, 0.1) is 0 Å². The number of rotatable bonds is 5. The van der Waals surface area contributed by atoms with Gasteiger partial charge in [0.1, 0.15) is 5.75 Å². The summed E-state index contributed by atoms with van der Waals surface area (Å²) in [5.74, 6) is -1.07. The third-order valence-electron chi connectivity index (χ3n) is 3.61. The predicted molar refractivity (Wildman–Crippen MR) is 98.9 cm³/mol. The van der Waals surface area contributed by atoms with Gasteiger partial charge in [0.15, 0.2) is 0 Å². The fourth-order valence-corrected chi connectivity index (χ4v) is 2.29. The lowest BCUT2D eigenvalue weighted by atomic mass is 10.2. The van der Waals surface area contributed by atoms with Crippen LogP contribution >= 0.6 is 0 Å². The number of benzene rings is 3. The molecule has 6 heteroatoms. The minimum atomic E-state index is -0.979. The molecule has 0 fully saturated rings. The number of carbonyl (C=O) groups excluding carboxylic acids is 1. The van der Waals surface area contributed by atoms with Crippen LogP contribution in [-0.2, 0) is 0 Å². The first-order chi connectivity index (χ1) is 12.5. The van der Waals surface area contributed by atoms with Crippen LogP contribution in [0.15, 0.2) is 72.8 Å². The Labute approximate surface area is 149 Å². The Morgan fingerprint density at radius 1 is 0.846 bits per heavy atom. The molecule has 0 aliphatic heterocycles. The molecule has 0 heterocycles. The number of aromatic carboxylic acids is 1. The molecule has 0 spiro atoms. The molecule has 0 atom stereocenters. The Bertz CT molecular complexity index is 935. The number of carboxylic acids is 1. The fraction of sp³-hybridized carbons (Fsp3) is 0. The number of hydrogen-bond acceptors (Lipinski definition) is 5. The van der Waals surface area contributed by atoms with Crippen molar-refractivity contribution in [3.63, 3.8) is 0 Å². The van der Waals surface area contributed by atoms with Gasteiger partial charge in [-0.3, -0.25) is 0 Å². The maximum absolute atomic E-state index is 12.2. The Kier molecular flexibility index (Phi) is 4.85. The minimum absolute atomic E-state index is 0.210. The van der Waals surface area contributed by atoms with E-state index in [0.29, 0.717) is 22.7 Å². The molecule has 3 aromatic carbocycles. The van der Waals surface area contributed by atoms with Crippen LogP contribution < -0.4 is 15.8 Å². The highest BCUT2D eigenvalue weighted by Crippen LogP contribution is 2.22. The van der Waals surface area contributed by atoms with Gasteiger partial charge in [-0.2, -0.15) is 0 Å². The van der Waals surface area contributed by atoms with E-state index >= 15 is 0 Å². The number of carboxylic acid groups (broad SMARTS) is 1. The molecular formula is C20H16N2O4. The van der Waals surface area contributed by atoms with Gasteiger partial charge >= 0.3 is 11.9 Å². The van der Waals surface area contributed by atoms with Crippen LogP contribution in [0.25, 0.3) is 0 Å². The van der Waals surface area contributed by atoms with E-state index in [-0.39, 0.29) is 5.56 Å². The first kappa shape index (κ1) is 17.0. The molecular weight excluding hydrogens is 332 g/mol. The summed E-state index contributed by atoms with van der Waals surface area (Å²) in [6.07, 6.45) is 0. The fourth-order valence-electron chi connectivity index (χ4n) is 2.29. The lowest BCUT2D eigenvalue weighted by Crippen LogP contribution is -2.08. The van der Waals surface area contributed by atoms with E-state index in [9.17, 15) is 9.59 Å². The Morgan fingerprint density at radius 2 is 1.50 bits per heavy atom. The van der Waals surface area contributed by atoms with Gasteiger partial charge in [0.05, 0.1) is 11.1 Å². The van der Waals surface area contributed by atoms with Crippen LogP contribution in [-0.4, -0.2) is 17.0 Å². The van der Waals surface area contributed by atoms with Gasteiger partial charge in [-0.05, 0) is 60.7 Å². The largest absolute Gasteiger partial charge is 0.478 e. The normalized spacial score (nSPS) is 10.2. The lowest BCUT2D eigenvalue weighted by molar-refractivity contribution is 0.0694. The molecule has 0 aromatic heterocycles. The molecule has 0 bridgehead atoms. The second-order valence-corrected chi connectivity index (χ2v) is 5.55. The van der Waals surface area contributed by atoms with E-state index in [1.807, 2.05) is 6.07 Å². The lowest BCUT2D eigenvalue weighted by Gasteiger charge is -2.09. The third-order valence-corrected chi connectivity index (χ3v) is 3.61. The topological polar surface area (TPSA) is 102 Å².